The Balaban J connectivity index is 1.38. The molecule has 2 aromatic carbocycles. The molecule has 0 saturated carbocycles. The molecule has 0 unspecified atom stereocenters. The van der Waals surface area contributed by atoms with Crippen LogP contribution < -0.4 is 9.47 Å². The van der Waals surface area contributed by atoms with Crippen LogP contribution in [0.15, 0.2) is 42.5 Å². The van der Waals surface area contributed by atoms with E-state index < -0.39 is 0 Å². The molecule has 7 heteroatoms. The van der Waals surface area contributed by atoms with E-state index >= 15 is 0 Å². The molecule has 1 amide bonds. The summed E-state index contributed by atoms with van der Waals surface area (Å²) >= 11 is 8.09. The Kier molecular flexibility index (Phi) is 6.78. The van der Waals surface area contributed by atoms with Gasteiger partial charge in [-0.05, 0) is 55.7 Å². The molecule has 31 heavy (non-hydrogen) atoms. The van der Waals surface area contributed by atoms with Crippen LogP contribution >= 0.6 is 22.9 Å². The van der Waals surface area contributed by atoms with E-state index in [0.29, 0.717) is 29.0 Å². The first-order chi connectivity index (χ1) is 15.1. The van der Waals surface area contributed by atoms with Crippen LogP contribution in [-0.2, 0) is 4.79 Å². The van der Waals surface area contributed by atoms with Crippen LogP contribution in [0.25, 0.3) is 16.3 Å². The number of likely N-dealkylation sites (tertiary alicyclic amines) is 1. The number of carbonyl (C=O) groups excluding carboxylic acids is 1. The average molecular weight is 457 g/mol. The molecule has 0 radical (unpaired) electrons. The summed E-state index contributed by atoms with van der Waals surface area (Å²) in [5.74, 6) is 1.50. The lowest BCUT2D eigenvalue weighted by Crippen LogP contribution is -2.36. The van der Waals surface area contributed by atoms with Gasteiger partial charge >= 0.3 is 0 Å². The minimum absolute atomic E-state index is 0.00623. The van der Waals surface area contributed by atoms with Gasteiger partial charge in [0, 0.05) is 25.1 Å². The van der Waals surface area contributed by atoms with Crippen LogP contribution in [0.2, 0.25) is 5.02 Å². The van der Waals surface area contributed by atoms with Gasteiger partial charge in [0.15, 0.2) is 11.5 Å². The van der Waals surface area contributed by atoms with Crippen LogP contribution in [-0.4, -0.2) is 42.6 Å². The van der Waals surface area contributed by atoms with Crippen molar-refractivity contribution in [3.8, 4) is 11.5 Å². The fourth-order valence-electron chi connectivity index (χ4n) is 3.80. The molecule has 4 rings (SSSR count). The lowest BCUT2D eigenvalue weighted by Gasteiger charge is -2.30. The molecule has 2 heterocycles. The second kappa shape index (κ2) is 9.71. The van der Waals surface area contributed by atoms with Crippen LogP contribution in [0.1, 0.15) is 36.3 Å². The SMILES string of the molecule is CCOc1c(Cl)cc(/C=C/C(=O)N2CCC(c3nc4ccccc4s3)CC2)cc1OC. The summed E-state index contributed by atoms with van der Waals surface area (Å²) in [6, 6.07) is 11.8. The van der Waals surface area contributed by atoms with Crippen molar-refractivity contribution in [3.63, 3.8) is 0 Å². The topological polar surface area (TPSA) is 51.7 Å². The molecule has 1 aliphatic heterocycles. The number of para-hydroxylation sites is 1. The molecular formula is C24H25ClN2O3S. The highest BCUT2D eigenvalue weighted by Crippen LogP contribution is 2.37. The summed E-state index contributed by atoms with van der Waals surface area (Å²) in [5, 5.41) is 1.64. The first-order valence-electron chi connectivity index (χ1n) is 10.4. The number of ether oxygens (including phenoxy) is 2. The molecule has 0 aliphatic carbocycles. The number of benzene rings is 2. The third kappa shape index (κ3) is 4.86. The molecule has 1 fully saturated rings. The minimum atomic E-state index is 0.00623. The molecule has 0 atom stereocenters. The van der Waals surface area contributed by atoms with Crippen LogP contribution in [0.3, 0.4) is 0 Å². The molecular weight excluding hydrogens is 432 g/mol. The van der Waals surface area contributed by atoms with Gasteiger partial charge in [-0.1, -0.05) is 23.7 Å². The van der Waals surface area contributed by atoms with E-state index in [0.717, 1.165) is 37.0 Å². The van der Waals surface area contributed by atoms with Gasteiger partial charge in [0.05, 0.1) is 34.0 Å². The number of amides is 1. The summed E-state index contributed by atoms with van der Waals surface area (Å²) in [5.41, 5.74) is 1.86. The van der Waals surface area contributed by atoms with E-state index in [1.165, 1.54) is 9.71 Å². The summed E-state index contributed by atoms with van der Waals surface area (Å²) in [4.78, 5) is 19.4. The smallest absolute Gasteiger partial charge is 0.246 e. The van der Waals surface area contributed by atoms with Crippen molar-refractivity contribution in [1.29, 1.82) is 0 Å². The molecule has 0 spiro atoms. The van der Waals surface area contributed by atoms with Gasteiger partial charge in [0.2, 0.25) is 5.91 Å². The molecule has 0 bridgehead atoms. The number of halogens is 1. The predicted octanol–water partition coefficient (Wildman–Crippen LogP) is 5.78. The van der Waals surface area contributed by atoms with E-state index in [2.05, 4.69) is 12.1 Å². The molecule has 1 aromatic heterocycles. The number of thiazole rings is 1. The third-order valence-electron chi connectivity index (χ3n) is 5.43. The van der Waals surface area contributed by atoms with Gasteiger partial charge < -0.3 is 14.4 Å². The molecule has 0 N–H and O–H groups in total. The maximum Gasteiger partial charge on any atom is 0.246 e. The van der Waals surface area contributed by atoms with Crippen LogP contribution in [0.4, 0.5) is 0 Å². The average Bonchev–Trinajstić information content (AvgIpc) is 3.23. The number of rotatable bonds is 6. The Morgan fingerprint density at radius 3 is 2.77 bits per heavy atom. The number of carbonyl (C=O) groups is 1. The van der Waals surface area contributed by atoms with E-state index in [9.17, 15) is 4.79 Å². The number of nitrogens with zero attached hydrogens (tertiary/aromatic N) is 2. The highest BCUT2D eigenvalue weighted by Gasteiger charge is 2.25. The number of methoxy groups -OCH3 is 1. The van der Waals surface area contributed by atoms with Crippen molar-refractivity contribution >= 4 is 45.1 Å². The standard InChI is InChI=1S/C24H25ClN2O3S/c1-3-30-23-18(25)14-16(15-20(23)29-2)8-9-22(28)27-12-10-17(11-13-27)24-26-19-6-4-5-7-21(19)31-24/h4-9,14-15,17H,3,10-13H2,1-2H3/b9-8+. The molecule has 1 saturated heterocycles. The fourth-order valence-corrected chi connectivity index (χ4v) is 5.22. The Hall–Kier alpha value is -2.57. The first-order valence-corrected chi connectivity index (χ1v) is 11.6. The molecule has 162 valence electrons. The normalized spacial score (nSPS) is 15.0. The van der Waals surface area contributed by atoms with Gasteiger partial charge in [-0.15, -0.1) is 11.3 Å². The van der Waals surface area contributed by atoms with E-state index in [1.807, 2.05) is 30.0 Å². The van der Waals surface area contributed by atoms with E-state index in [1.54, 1.807) is 36.7 Å². The van der Waals surface area contributed by atoms with Gasteiger partial charge in [-0.2, -0.15) is 0 Å². The highest BCUT2D eigenvalue weighted by atomic mass is 35.5. The van der Waals surface area contributed by atoms with E-state index in [-0.39, 0.29) is 5.91 Å². The quantitative estimate of drug-likeness (QED) is 0.441. The Morgan fingerprint density at radius 2 is 2.06 bits per heavy atom. The lowest BCUT2D eigenvalue weighted by molar-refractivity contribution is -0.126. The Bertz CT molecular complexity index is 1070. The Labute approximate surface area is 191 Å². The molecule has 1 aliphatic rings. The largest absolute Gasteiger partial charge is 0.493 e. The van der Waals surface area contributed by atoms with Gasteiger partial charge in [-0.25, -0.2) is 4.98 Å². The van der Waals surface area contributed by atoms with Crippen LogP contribution in [0.5, 0.6) is 11.5 Å². The maximum atomic E-state index is 12.7. The van der Waals surface area contributed by atoms with Crippen LogP contribution in [0, 0.1) is 0 Å². The van der Waals surface area contributed by atoms with Gasteiger partial charge in [-0.3, -0.25) is 4.79 Å². The number of piperidine rings is 1. The van der Waals surface area contributed by atoms with Crippen molar-refractivity contribution in [2.75, 3.05) is 26.8 Å². The number of hydrogen-bond donors (Lipinski definition) is 0. The second-order valence-electron chi connectivity index (χ2n) is 7.42. The monoisotopic (exact) mass is 456 g/mol. The summed E-state index contributed by atoms with van der Waals surface area (Å²) in [6.45, 7) is 3.85. The van der Waals surface area contributed by atoms with Crippen molar-refractivity contribution in [3.05, 3.63) is 58.1 Å². The lowest BCUT2D eigenvalue weighted by atomic mass is 9.97. The summed E-state index contributed by atoms with van der Waals surface area (Å²) < 4.78 is 12.1. The maximum absolute atomic E-state index is 12.7. The zero-order valence-corrected chi connectivity index (χ0v) is 19.2. The second-order valence-corrected chi connectivity index (χ2v) is 8.89. The zero-order valence-electron chi connectivity index (χ0n) is 17.6. The Morgan fingerprint density at radius 1 is 1.29 bits per heavy atom. The minimum Gasteiger partial charge on any atom is -0.493 e. The van der Waals surface area contributed by atoms with Gasteiger partial charge in [0.1, 0.15) is 0 Å². The fraction of sp³-hybridized carbons (Fsp3) is 0.333. The van der Waals surface area contributed by atoms with E-state index in [4.69, 9.17) is 26.1 Å². The summed E-state index contributed by atoms with van der Waals surface area (Å²) in [7, 11) is 1.57. The number of fused-ring (bicyclic) bond motifs is 1. The summed E-state index contributed by atoms with van der Waals surface area (Å²) in [6.07, 6.45) is 5.24. The van der Waals surface area contributed by atoms with Crippen molar-refractivity contribution in [2.24, 2.45) is 0 Å². The zero-order chi connectivity index (χ0) is 21.8. The van der Waals surface area contributed by atoms with Crippen molar-refractivity contribution in [1.82, 2.24) is 9.88 Å². The highest BCUT2D eigenvalue weighted by molar-refractivity contribution is 7.18. The predicted molar refractivity (Wildman–Crippen MR) is 126 cm³/mol. The molecule has 3 aromatic rings. The molecule has 5 nitrogen and oxygen atoms in total. The first kappa shape index (κ1) is 21.7. The van der Waals surface area contributed by atoms with Crippen molar-refractivity contribution in [2.45, 2.75) is 25.7 Å². The third-order valence-corrected chi connectivity index (χ3v) is 6.90. The van der Waals surface area contributed by atoms with Gasteiger partial charge in [0.25, 0.3) is 0 Å². The number of aromatic nitrogens is 1. The van der Waals surface area contributed by atoms with Crippen molar-refractivity contribution < 1.29 is 14.3 Å². The number of hydrogen-bond acceptors (Lipinski definition) is 5.